The molecule has 2 aromatic rings. The zero-order valence-electron chi connectivity index (χ0n) is 20.7. The number of piperazine rings is 1. The minimum atomic E-state index is -1.82. The number of nitrogens with zero attached hydrogens (tertiary/aromatic N) is 2. The molecule has 0 radical (unpaired) electrons. The summed E-state index contributed by atoms with van der Waals surface area (Å²) >= 11 is 0. The lowest BCUT2D eigenvalue weighted by Gasteiger charge is -2.35. The molecule has 1 saturated heterocycles. The van der Waals surface area contributed by atoms with Crippen molar-refractivity contribution in [2.24, 2.45) is 0 Å². The standard InChI is InChI=1S/C23H32N2O4.C2H2O4/c1-5-29-23-14-18(6-8-22(23)28-4)16-24-10-12-25(13-11-24)17-19-15-20(26-2)7-9-21(19)27-3;3-1(4)2(5)6/h6-9,14-15H,5,10-13,16-17H2,1-4H3;(H,3,4)(H,5,6). The number of hydrogen-bond acceptors (Lipinski definition) is 8. The van der Waals surface area contributed by atoms with Gasteiger partial charge in [-0.05, 0) is 42.8 Å². The van der Waals surface area contributed by atoms with Gasteiger partial charge in [-0.25, -0.2) is 9.59 Å². The van der Waals surface area contributed by atoms with Crippen LogP contribution in [0.1, 0.15) is 18.1 Å². The summed E-state index contributed by atoms with van der Waals surface area (Å²) in [6.07, 6.45) is 0. The fraction of sp³-hybridized carbons (Fsp3) is 0.440. The molecule has 0 spiro atoms. The number of carboxylic acids is 2. The van der Waals surface area contributed by atoms with Crippen LogP contribution in [0.15, 0.2) is 36.4 Å². The lowest BCUT2D eigenvalue weighted by molar-refractivity contribution is -0.159. The molecule has 1 fully saturated rings. The number of rotatable bonds is 9. The Kier molecular flexibility index (Phi) is 11.1. The van der Waals surface area contributed by atoms with Crippen LogP contribution in [0.4, 0.5) is 0 Å². The molecule has 3 rings (SSSR count). The summed E-state index contributed by atoms with van der Waals surface area (Å²) in [5.41, 5.74) is 2.41. The van der Waals surface area contributed by atoms with E-state index in [1.54, 1.807) is 21.3 Å². The van der Waals surface area contributed by atoms with Gasteiger partial charge < -0.3 is 29.2 Å². The van der Waals surface area contributed by atoms with Gasteiger partial charge >= 0.3 is 11.9 Å². The Bertz CT molecular complexity index is 962. The third-order valence-corrected chi connectivity index (χ3v) is 5.46. The van der Waals surface area contributed by atoms with Gasteiger partial charge in [0, 0.05) is 44.8 Å². The van der Waals surface area contributed by atoms with Crippen LogP contribution < -0.4 is 18.9 Å². The van der Waals surface area contributed by atoms with E-state index in [1.807, 2.05) is 25.1 Å². The highest BCUT2D eigenvalue weighted by atomic mass is 16.5. The predicted octanol–water partition coefficient (Wildman–Crippen LogP) is 2.58. The highest BCUT2D eigenvalue weighted by Gasteiger charge is 2.19. The normalized spacial score (nSPS) is 13.8. The summed E-state index contributed by atoms with van der Waals surface area (Å²) in [6, 6.07) is 12.2. The largest absolute Gasteiger partial charge is 0.497 e. The van der Waals surface area contributed by atoms with E-state index in [0.29, 0.717) is 6.61 Å². The van der Waals surface area contributed by atoms with Gasteiger partial charge in [0.15, 0.2) is 11.5 Å². The van der Waals surface area contributed by atoms with Crippen LogP contribution in [0, 0.1) is 0 Å². The predicted molar refractivity (Wildman–Crippen MR) is 130 cm³/mol. The van der Waals surface area contributed by atoms with E-state index in [-0.39, 0.29) is 0 Å². The second-order valence-corrected chi connectivity index (χ2v) is 7.76. The molecule has 0 atom stereocenters. The highest BCUT2D eigenvalue weighted by Crippen LogP contribution is 2.29. The van der Waals surface area contributed by atoms with Crippen LogP contribution in [0.5, 0.6) is 23.0 Å². The lowest BCUT2D eigenvalue weighted by Crippen LogP contribution is -2.45. The number of carbonyl (C=O) groups is 2. The first-order chi connectivity index (χ1) is 16.8. The van der Waals surface area contributed by atoms with Gasteiger partial charge in [-0.15, -0.1) is 0 Å². The molecule has 0 amide bonds. The fourth-order valence-corrected chi connectivity index (χ4v) is 3.70. The summed E-state index contributed by atoms with van der Waals surface area (Å²) in [5, 5.41) is 14.8. The van der Waals surface area contributed by atoms with E-state index in [1.165, 1.54) is 5.56 Å². The van der Waals surface area contributed by atoms with Crippen molar-refractivity contribution in [1.82, 2.24) is 9.80 Å². The summed E-state index contributed by atoms with van der Waals surface area (Å²) in [7, 11) is 5.09. The Morgan fingerprint density at radius 1 is 0.771 bits per heavy atom. The number of benzene rings is 2. The number of carboxylic acid groups (broad SMARTS) is 2. The van der Waals surface area contributed by atoms with Crippen molar-refractivity contribution in [3.63, 3.8) is 0 Å². The Balaban J connectivity index is 0.000000641. The van der Waals surface area contributed by atoms with Gasteiger partial charge in [0.1, 0.15) is 11.5 Å². The molecular weight excluding hydrogens is 456 g/mol. The lowest BCUT2D eigenvalue weighted by atomic mass is 10.1. The van der Waals surface area contributed by atoms with E-state index in [4.69, 9.17) is 38.7 Å². The van der Waals surface area contributed by atoms with Crippen molar-refractivity contribution in [3.8, 4) is 23.0 Å². The number of ether oxygens (including phenoxy) is 4. The van der Waals surface area contributed by atoms with Crippen molar-refractivity contribution in [2.75, 3.05) is 54.1 Å². The monoisotopic (exact) mass is 490 g/mol. The maximum atomic E-state index is 9.10. The van der Waals surface area contributed by atoms with E-state index in [9.17, 15) is 0 Å². The third kappa shape index (κ3) is 8.66. The van der Waals surface area contributed by atoms with E-state index < -0.39 is 11.9 Å². The Labute approximate surface area is 205 Å². The fourth-order valence-electron chi connectivity index (χ4n) is 3.70. The number of aliphatic carboxylic acids is 2. The molecule has 0 saturated carbocycles. The molecule has 35 heavy (non-hydrogen) atoms. The number of methoxy groups -OCH3 is 3. The molecule has 192 valence electrons. The smallest absolute Gasteiger partial charge is 0.414 e. The third-order valence-electron chi connectivity index (χ3n) is 5.46. The molecule has 10 nitrogen and oxygen atoms in total. The van der Waals surface area contributed by atoms with Crippen LogP contribution in [0.3, 0.4) is 0 Å². The molecule has 0 unspecified atom stereocenters. The quantitative estimate of drug-likeness (QED) is 0.508. The Morgan fingerprint density at radius 3 is 1.86 bits per heavy atom. The highest BCUT2D eigenvalue weighted by molar-refractivity contribution is 6.27. The van der Waals surface area contributed by atoms with Gasteiger partial charge in [0.25, 0.3) is 0 Å². The van der Waals surface area contributed by atoms with Gasteiger partial charge in [0.2, 0.25) is 0 Å². The van der Waals surface area contributed by atoms with E-state index in [2.05, 4.69) is 28.0 Å². The molecule has 0 aliphatic carbocycles. The zero-order chi connectivity index (χ0) is 25.8. The van der Waals surface area contributed by atoms with Crippen molar-refractivity contribution in [2.45, 2.75) is 20.0 Å². The SMILES string of the molecule is CCOc1cc(CN2CCN(Cc3cc(OC)ccc3OC)CC2)ccc1OC.O=C(O)C(=O)O. The van der Waals surface area contributed by atoms with Crippen molar-refractivity contribution in [3.05, 3.63) is 47.5 Å². The van der Waals surface area contributed by atoms with Crippen molar-refractivity contribution < 1.29 is 38.7 Å². The molecule has 0 aromatic heterocycles. The maximum Gasteiger partial charge on any atom is 0.414 e. The van der Waals surface area contributed by atoms with Crippen LogP contribution in [-0.4, -0.2) is 86.1 Å². The zero-order valence-corrected chi connectivity index (χ0v) is 20.7. The average molecular weight is 491 g/mol. The molecular formula is C25H34N2O8. The molecule has 1 aliphatic rings. The Hall–Kier alpha value is -3.50. The molecule has 1 aliphatic heterocycles. The van der Waals surface area contributed by atoms with Gasteiger partial charge in [-0.3, -0.25) is 9.80 Å². The maximum absolute atomic E-state index is 9.10. The molecule has 2 aromatic carbocycles. The van der Waals surface area contributed by atoms with Gasteiger partial charge in [0.05, 0.1) is 27.9 Å². The molecule has 1 heterocycles. The summed E-state index contributed by atoms with van der Waals surface area (Å²) in [4.78, 5) is 23.1. The second-order valence-electron chi connectivity index (χ2n) is 7.76. The molecule has 10 heteroatoms. The number of hydrogen-bond donors (Lipinski definition) is 2. The van der Waals surface area contributed by atoms with Gasteiger partial charge in [-0.1, -0.05) is 6.07 Å². The summed E-state index contributed by atoms with van der Waals surface area (Å²) < 4.78 is 22.0. The first-order valence-electron chi connectivity index (χ1n) is 11.2. The van der Waals surface area contributed by atoms with Crippen LogP contribution in [-0.2, 0) is 22.7 Å². The summed E-state index contributed by atoms with van der Waals surface area (Å²) in [6.45, 7) is 8.51. The van der Waals surface area contributed by atoms with Gasteiger partial charge in [-0.2, -0.15) is 0 Å². The average Bonchev–Trinajstić information content (AvgIpc) is 2.86. The van der Waals surface area contributed by atoms with Crippen LogP contribution >= 0.6 is 0 Å². The van der Waals surface area contributed by atoms with Crippen LogP contribution in [0.25, 0.3) is 0 Å². The summed E-state index contributed by atoms with van der Waals surface area (Å²) in [5.74, 6) is -0.270. The molecule has 0 bridgehead atoms. The van der Waals surface area contributed by atoms with E-state index >= 15 is 0 Å². The van der Waals surface area contributed by atoms with Crippen molar-refractivity contribution >= 4 is 11.9 Å². The topological polar surface area (TPSA) is 118 Å². The second kappa shape index (κ2) is 14.0. The Morgan fingerprint density at radius 2 is 1.34 bits per heavy atom. The van der Waals surface area contributed by atoms with Crippen molar-refractivity contribution in [1.29, 1.82) is 0 Å². The minimum Gasteiger partial charge on any atom is -0.497 e. The first-order valence-corrected chi connectivity index (χ1v) is 11.2. The van der Waals surface area contributed by atoms with E-state index in [0.717, 1.165) is 67.8 Å². The minimum absolute atomic E-state index is 0.631. The molecule has 2 N–H and O–H groups in total. The first kappa shape index (κ1) is 27.7. The van der Waals surface area contributed by atoms with Crippen LogP contribution in [0.2, 0.25) is 0 Å².